The van der Waals surface area contributed by atoms with E-state index in [0.29, 0.717) is 0 Å². The third kappa shape index (κ3) is 5.84. The number of alkyl carbamates (subject to hydrolysis) is 1. The summed E-state index contributed by atoms with van der Waals surface area (Å²) >= 11 is 0. The summed E-state index contributed by atoms with van der Waals surface area (Å²) in [5.74, 6) is 0.359. The van der Waals surface area contributed by atoms with Gasteiger partial charge in [-0.05, 0) is 42.5 Å². The molecule has 0 fully saturated rings. The van der Waals surface area contributed by atoms with Gasteiger partial charge in [0.25, 0.3) is 0 Å². The van der Waals surface area contributed by atoms with Crippen molar-refractivity contribution < 1.29 is 24.2 Å². The highest BCUT2D eigenvalue weighted by molar-refractivity contribution is 5.89. The molecule has 0 spiro atoms. The molecule has 0 aliphatic heterocycles. The lowest BCUT2D eigenvalue weighted by molar-refractivity contribution is -0.142. The van der Waals surface area contributed by atoms with Crippen molar-refractivity contribution >= 4 is 18.0 Å². The van der Waals surface area contributed by atoms with Crippen LogP contribution in [0.3, 0.4) is 0 Å². The van der Waals surface area contributed by atoms with Gasteiger partial charge in [0.2, 0.25) is 5.91 Å². The van der Waals surface area contributed by atoms with Crippen LogP contribution in [0, 0.1) is 12.3 Å². The van der Waals surface area contributed by atoms with Crippen LogP contribution < -0.4 is 10.6 Å². The number of hydrogen-bond acceptors (Lipinski definition) is 4. The highest BCUT2D eigenvalue weighted by atomic mass is 16.5. The summed E-state index contributed by atoms with van der Waals surface area (Å²) in [6, 6.07) is 13.7. The molecule has 1 aliphatic carbocycles. The lowest BCUT2D eigenvalue weighted by Gasteiger charge is -2.20. The van der Waals surface area contributed by atoms with E-state index in [1.165, 1.54) is 0 Å². The van der Waals surface area contributed by atoms with Crippen LogP contribution in [0.15, 0.2) is 60.2 Å². The number of benzene rings is 2. The van der Waals surface area contributed by atoms with Gasteiger partial charge >= 0.3 is 12.1 Å². The quantitative estimate of drug-likeness (QED) is 0.390. The Kier molecular flexibility index (Phi) is 8.10. The van der Waals surface area contributed by atoms with Gasteiger partial charge in [0.1, 0.15) is 18.7 Å². The van der Waals surface area contributed by atoms with E-state index in [0.717, 1.165) is 27.8 Å². The SMILES string of the molecule is C#CCC(NC(=O)OCC1c2ccccc2-c2ccccc21)C(=O)NC(CC=C(C)C)C(=O)O. The normalized spacial score (nSPS) is 13.4. The molecule has 3 rings (SSSR count). The lowest BCUT2D eigenvalue weighted by atomic mass is 9.98. The van der Waals surface area contributed by atoms with E-state index < -0.39 is 30.1 Å². The standard InChI is InChI=1S/C27H28N2O5/c1-4-9-23(25(30)28-24(26(31)32)15-14-17(2)3)29-27(33)34-16-22-20-12-7-5-10-18(20)19-11-6-8-13-21(19)22/h1,5-8,10-14,22-24H,9,15-16H2,2-3H3,(H,28,30)(H,29,33)(H,31,32). The molecule has 2 atom stereocenters. The molecule has 34 heavy (non-hydrogen) atoms. The maximum atomic E-state index is 12.7. The second-order valence-electron chi connectivity index (χ2n) is 8.35. The lowest BCUT2D eigenvalue weighted by Crippen LogP contribution is -2.51. The first-order valence-corrected chi connectivity index (χ1v) is 11.0. The fourth-order valence-electron chi connectivity index (χ4n) is 3.96. The van der Waals surface area contributed by atoms with E-state index in [-0.39, 0.29) is 25.4 Å². The Bertz CT molecular complexity index is 1100. The summed E-state index contributed by atoms with van der Waals surface area (Å²) < 4.78 is 5.47. The first kappa shape index (κ1) is 24.6. The number of carbonyl (C=O) groups is 3. The zero-order valence-electron chi connectivity index (χ0n) is 19.2. The zero-order chi connectivity index (χ0) is 24.7. The third-order valence-electron chi connectivity index (χ3n) is 5.65. The van der Waals surface area contributed by atoms with Crippen LogP contribution in [0.5, 0.6) is 0 Å². The van der Waals surface area contributed by atoms with Crippen molar-refractivity contribution in [2.24, 2.45) is 0 Å². The molecule has 7 nitrogen and oxygen atoms in total. The summed E-state index contributed by atoms with van der Waals surface area (Å²) in [5.41, 5.74) is 5.27. The monoisotopic (exact) mass is 460 g/mol. The number of carboxylic acid groups (broad SMARTS) is 1. The van der Waals surface area contributed by atoms with Crippen molar-refractivity contribution in [2.45, 2.75) is 44.7 Å². The van der Waals surface area contributed by atoms with Crippen molar-refractivity contribution in [3.8, 4) is 23.5 Å². The molecule has 1 aliphatic rings. The van der Waals surface area contributed by atoms with E-state index in [1.807, 2.05) is 62.4 Å². The van der Waals surface area contributed by atoms with Crippen LogP contribution in [-0.2, 0) is 14.3 Å². The number of aliphatic carboxylic acids is 1. The fourth-order valence-corrected chi connectivity index (χ4v) is 3.96. The number of terminal acetylenes is 1. The molecule has 0 bridgehead atoms. The number of carbonyl (C=O) groups excluding carboxylic acids is 2. The minimum absolute atomic E-state index is 0.0859. The van der Waals surface area contributed by atoms with Crippen LogP contribution in [-0.4, -0.2) is 41.8 Å². The molecular weight excluding hydrogens is 432 g/mol. The smallest absolute Gasteiger partial charge is 0.407 e. The molecule has 3 N–H and O–H groups in total. The predicted octanol–water partition coefficient (Wildman–Crippen LogP) is 3.84. The predicted molar refractivity (Wildman–Crippen MR) is 129 cm³/mol. The summed E-state index contributed by atoms with van der Waals surface area (Å²) in [5, 5.41) is 14.3. The van der Waals surface area contributed by atoms with E-state index in [4.69, 9.17) is 11.2 Å². The largest absolute Gasteiger partial charge is 0.480 e. The molecule has 2 aromatic carbocycles. The second kappa shape index (κ2) is 11.2. The van der Waals surface area contributed by atoms with Gasteiger partial charge in [0.15, 0.2) is 0 Å². The van der Waals surface area contributed by atoms with Gasteiger partial charge in [-0.15, -0.1) is 12.3 Å². The van der Waals surface area contributed by atoms with Crippen molar-refractivity contribution in [3.63, 3.8) is 0 Å². The molecule has 0 radical (unpaired) electrons. The van der Waals surface area contributed by atoms with Crippen LogP contribution in [0.2, 0.25) is 0 Å². The average molecular weight is 461 g/mol. The highest BCUT2D eigenvalue weighted by Gasteiger charge is 2.30. The fraction of sp³-hybridized carbons (Fsp3) is 0.296. The number of carboxylic acids is 1. The minimum Gasteiger partial charge on any atom is -0.480 e. The Hall–Kier alpha value is -4.05. The van der Waals surface area contributed by atoms with Gasteiger partial charge in [0, 0.05) is 12.3 Å². The first-order valence-electron chi connectivity index (χ1n) is 11.0. The third-order valence-corrected chi connectivity index (χ3v) is 5.65. The molecule has 0 saturated heterocycles. The van der Waals surface area contributed by atoms with Crippen LogP contribution in [0.4, 0.5) is 4.79 Å². The average Bonchev–Trinajstić information content (AvgIpc) is 3.13. The second-order valence-corrected chi connectivity index (χ2v) is 8.35. The van der Waals surface area contributed by atoms with Crippen molar-refractivity contribution in [2.75, 3.05) is 6.61 Å². The number of rotatable bonds is 9. The topological polar surface area (TPSA) is 105 Å². The Balaban J connectivity index is 1.64. The van der Waals surface area contributed by atoms with Crippen LogP contribution in [0.1, 0.15) is 43.7 Å². The number of hydrogen-bond donors (Lipinski definition) is 3. The molecule has 2 unspecified atom stereocenters. The first-order chi connectivity index (χ1) is 16.3. The Morgan fingerprint density at radius 3 is 2.15 bits per heavy atom. The van der Waals surface area contributed by atoms with E-state index >= 15 is 0 Å². The van der Waals surface area contributed by atoms with Gasteiger partial charge in [-0.25, -0.2) is 9.59 Å². The van der Waals surface area contributed by atoms with Crippen LogP contribution >= 0.6 is 0 Å². The Morgan fingerprint density at radius 1 is 1.03 bits per heavy atom. The zero-order valence-corrected chi connectivity index (χ0v) is 19.2. The maximum absolute atomic E-state index is 12.7. The van der Waals surface area contributed by atoms with Gasteiger partial charge in [-0.1, -0.05) is 60.2 Å². The molecule has 0 saturated carbocycles. The number of amides is 2. The highest BCUT2D eigenvalue weighted by Crippen LogP contribution is 2.44. The molecular formula is C27H28N2O5. The summed E-state index contributed by atoms with van der Waals surface area (Å²) in [6.45, 7) is 3.75. The van der Waals surface area contributed by atoms with Crippen molar-refractivity contribution in [3.05, 3.63) is 71.3 Å². The van der Waals surface area contributed by atoms with E-state index in [2.05, 4.69) is 16.6 Å². The Morgan fingerprint density at radius 2 is 1.62 bits per heavy atom. The van der Waals surface area contributed by atoms with E-state index in [1.54, 1.807) is 6.08 Å². The number of ether oxygens (including phenoxy) is 1. The molecule has 2 aromatic rings. The van der Waals surface area contributed by atoms with Gasteiger partial charge in [0.05, 0.1) is 0 Å². The van der Waals surface area contributed by atoms with Crippen molar-refractivity contribution in [1.82, 2.24) is 10.6 Å². The maximum Gasteiger partial charge on any atom is 0.407 e. The molecule has 176 valence electrons. The summed E-state index contributed by atoms with van der Waals surface area (Å²) in [4.78, 5) is 36.7. The minimum atomic E-state index is -1.17. The van der Waals surface area contributed by atoms with Crippen LogP contribution in [0.25, 0.3) is 11.1 Å². The molecule has 0 aromatic heterocycles. The summed E-state index contributed by atoms with van der Waals surface area (Å²) in [7, 11) is 0. The number of fused-ring (bicyclic) bond motifs is 3. The van der Waals surface area contributed by atoms with Crippen molar-refractivity contribution in [1.29, 1.82) is 0 Å². The molecule has 7 heteroatoms. The Labute approximate surface area is 199 Å². The number of nitrogens with one attached hydrogen (secondary N) is 2. The van der Waals surface area contributed by atoms with Gasteiger partial charge in [-0.2, -0.15) is 0 Å². The van der Waals surface area contributed by atoms with Gasteiger partial charge in [-0.3, -0.25) is 4.79 Å². The molecule has 2 amide bonds. The van der Waals surface area contributed by atoms with Gasteiger partial charge < -0.3 is 20.5 Å². The van der Waals surface area contributed by atoms with E-state index in [9.17, 15) is 19.5 Å². The number of allylic oxidation sites excluding steroid dienone is 1. The summed E-state index contributed by atoms with van der Waals surface area (Å²) in [6.07, 6.45) is 6.30. The molecule has 0 heterocycles.